The third-order valence-corrected chi connectivity index (χ3v) is 5.15. The molecule has 2 unspecified atom stereocenters. The Balaban J connectivity index is 1.92. The molecule has 1 aliphatic rings. The van der Waals surface area contributed by atoms with E-state index in [1.54, 1.807) is 0 Å². The van der Waals surface area contributed by atoms with Gasteiger partial charge in [-0.25, -0.2) is 4.99 Å². The number of aliphatic imine (C=N–C) groups is 1. The smallest absolute Gasteiger partial charge is 0.251 e. The minimum Gasteiger partial charge on any atom is -0.357 e. The minimum absolute atomic E-state index is 0.0446. The fraction of sp³-hybridized carbons (Fsp3) is 0.591. The predicted molar refractivity (Wildman–Crippen MR) is 117 cm³/mol. The normalized spacial score (nSPS) is 17.7. The van der Waals surface area contributed by atoms with Crippen LogP contribution in [0.15, 0.2) is 29.3 Å². The molecule has 29 heavy (non-hydrogen) atoms. The molecule has 1 heterocycles. The third-order valence-electron chi connectivity index (χ3n) is 5.15. The molecule has 1 aromatic carbocycles. The SMILES string of the molecule is CCNC(=NCc1ccc(C(=O)NC(C)CC)cc1)NC1CCN(C(=O)CC)C1. The standard InChI is InChI=1S/C22H35N5O2/c1-5-16(4)25-21(29)18-10-8-17(9-11-18)14-24-22(23-7-3)26-19-12-13-27(15-19)20(28)6-2/h8-11,16,19H,5-7,12-15H2,1-4H3,(H,25,29)(H2,23,24,26). The molecule has 1 aliphatic heterocycles. The molecule has 160 valence electrons. The molecule has 0 saturated carbocycles. The van der Waals surface area contributed by atoms with Crippen LogP contribution in [0.2, 0.25) is 0 Å². The number of likely N-dealkylation sites (tertiary alicyclic amines) is 1. The van der Waals surface area contributed by atoms with E-state index in [-0.39, 0.29) is 23.9 Å². The second-order valence-electron chi connectivity index (χ2n) is 7.50. The second-order valence-corrected chi connectivity index (χ2v) is 7.50. The van der Waals surface area contributed by atoms with Gasteiger partial charge in [0.1, 0.15) is 0 Å². The van der Waals surface area contributed by atoms with Gasteiger partial charge in [0.15, 0.2) is 5.96 Å². The van der Waals surface area contributed by atoms with E-state index in [9.17, 15) is 9.59 Å². The Hall–Kier alpha value is -2.57. The van der Waals surface area contributed by atoms with Gasteiger partial charge in [-0.2, -0.15) is 0 Å². The molecule has 0 aromatic heterocycles. The van der Waals surface area contributed by atoms with Crippen molar-refractivity contribution in [2.24, 2.45) is 4.99 Å². The third kappa shape index (κ3) is 7.07. The molecule has 3 N–H and O–H groups in total. The Morgan fingerprint density at radius 1 is 1.21 bits per heavy atom. The van der Waals surface area contributed by atoms with Crippen molar-refractivity contribution >= 4 is 17.8 Å². The Bertz CT molecular complexity index is 702. The van der Waals surface area contributed by atoms with Gasteiger partial charge in [-0.1, -0.05) is 26.0 Å². The molecular formula is C22H35N5O2. The number of hydrogen-bond donors (Lipinski definition) is 3. The van der Waals surface area contributed by atoms with Gasteiger partial charge in [0, 0.05) is 43.7 Å². The number of nitrogens with one attached hydrogen (secondary N) is 3. The zero-order valence-corrected chi connectivity index (χ0v) is 18.1. The Kier molecular flexibility index (Phi) is 8.96. The maximum Gasteiger partial charge on any atom is 0.251 e. The monoisotopic (exact) mass is 401 g/mol. The van der Waals surface area contributed by atoms with Crippen LogP contribution < -0.4 is 16.0 Å². The van der Waals surface area contributed by atoms with E-state index in [0.717, 1.165) is 44.0 Å². The van der Waals surface area contributed by atoms with E-state index in [4.69, 9.17) is 0 Å². The van der Waals surface area contributed by atoms with Crippen LogP contribution in [0.4, 0.5) is 0 Å². The first-order valence-corrected chi connectivity index (χ1v) is 10.7. The van der Waals surface area contributed by atoms with Crippen LogP contribution in [-0.2, 0) is 11.3 Å². The minimum atomic E-state index is -0.0446. The number of rotatable bonds is 8. The van der Waals surface area contributed by atoms with Gasteiger partial charge < -0.3 is 20.9 Å². The van der Waals surface area contributed by atoms with Gasteiger partial charge in [0.2, 0.25) is 5.91 Å². The number of nitrogens with zero attached hydrogens (tertiary/aromatic N) is 2. The molecule has 1 fully saturated rings. The van der Waals surface area contributed by atoms with Crippen LogP contribution in [0.1, 0.15) is 62.9 Å². The van der Waals surface area contributed by atoms with Gasteiger partial charge in [-0.3, -0.25) is 9.59 Å². The summed E-state index contributed by atoms with van der Waals surface area (Å²) in [7, 11) is 0. The maximum atomic E-state index is 12.2. The molecule has 2 atom stereocenters. The van der Waals surface area contributed by atoms with Gasteiger partial charge >= 0.3 is 0 Å². The van der Waals surface area contributed by atoms with E-state index in [1.165, 1.54) is 0 Å². The zero-order valence-electron chi connectivity index (χ0n) is 18.1. The van der Waals surface area contributed by atoms with E-state index in [1.807, 2.05) is 56.9 Å². The number of carbonyl (C=O) groups excluding carboxylic acids is 2. The first-order chi connectivity index (χ1) is 14.0. The Morgan fingerprint density at radius 2 is 1.93 bits per heavy atom. The summed E-state index contributed by atoms with van der Waals surface area (Å²) in [6.45, 7) is 10.8. The highest BCUT2D eigenvalue weighted by atomic mass is 16.2. The quantitative estimate of drug-likeness (QED) is 0.461. The van der Waals surface area contributed by atoms with Crippen molar-refractivity contribution in [2.45, 2.75) is 65.6 Å². The summed E-state index contributed by atoms with van der Waals surface area (Å²) in [5.74, 6) is 0.910. The summed E-state index contributed by atoms with van der Waals surface area (Å²) >= 11 is 0. The molecule has 2 amide bonds. The van der Waals surface area contributed by atoms with Crippen molar-refractivity contribution < 1.29 is 9.59 Å². The number of carbonyl (C=O) groups is 2. The summed E-state index contributed by atoms with van der Waals surface area (Å²) in [5, 5.41) is 9.68. The zero-order chi connectivity index (χ0) is 21.2. The van der Waals surface area contributed by atoms with Crippen LogP contribution in [-0.4, -0.2) is 54.4 Å². The topological polar surface area (TPSA) is 85.8 Å². The average molecular weight is 402 g/mol. The molecule has 2 rings (SSSR count). The number of hydrogen-bond acceptors (Lipinski definition) is 3. The van der Waals surface area contributed by atoms with E-state index >= 15 is 0 Å². The first kappa shape index (κ1) is 22.7. The van der Waals surface area contributed by atoms with Crippen molar-refractivity contribution in [3.63, 3.8) is 0 Å². The number of amides is 2. The van der Waals surface area contributed by atoms with E-state index < -0.39 is 0 Å². The lowest BCUT2D eigenvalue weighted by molar-refractivity contribution is -0.129. The molecule has 0 radical (unpaired) electrons. The van der Waals surface area contributed by atoms with Crippen molar-refractivity contribution in [1.29, 1.82) is 0 Å². The van der Waals surface area contributed by atoms with Crippen LogP contribution in [0, 0.1) is 0 Å². The summed E-state index contributed by atoms with van der Waals surface area (Å²) in [6, 6.07) is 7.95. The summed E-state index contributed by atoms with van der Waals surface area (Å²) in [4.78, 5) is 30.6. The second kappa shape index (κ2) is 11.4. The summed E-state index contributed by atoms with van der Waals surface area (Å²) in [5.41, 5.74) is 1.70. The van der Waals surface area contributed by atoms with Crippen molar-refractivity contribution in [2.75, 3.05) is 19.6 Å². The predicted octanol–water partition coefficient (Wildman–Crippen LogP) is 2.28. The molecule has 7 heteroatoms. The van der Waals surface area contributed by atoms with Crippen LogP contribution >= 0.6 is 0 Å². The fourth-order valence-corrected chi connectivity index (χ4v) is 3.18. The Morgan fingerprint density at radius 3 is 2.55 bits per heavy atom. The summed E-state index contributed by atoms with van der Waals surface area (Å²) < 4.78 is 0. The van der Waals surface area contributed by atoms with Gasteiger partial charge in [0.25, 0.3) is 5.91 Å². The van der Waals surface area contributed by atoms with Gasteiger partial charge in [-0.15, -0.1) is 0 Å². The molecular weight excluding hydrogens is 366 g/mol. The highest BCUT2D eigenvalue weighted by Crippen LogP contribution is 2.11. The van der Waals surface area contributed by atoms with Crippen LogP contribution in [0.5, 0.6) is 0 Å². The maximum absolute atomic E-state index is 12.2. The van der Waals surface area contributed by atoms with Crippen molar-refractivity contribution in [3.8, 4) is 0 Å². The number of guanidine groups is 1. The lowest BCUT2D eigenvalue weighted by atomic mass is 10.1. The molecule has 0 aliphatic carbocycles. The van der Waals surface area contributed by atoms with E-state index in [0.29, 0.717) is 18.5 Å². The van der Waals surface area contributed by atoms with Gasteiger partial charge in [-0.05, 0) is 44.4 Å². The summed E-state index contributed by atoms with van der Waals surface area (Å²) in [6.07, 6.45) is 2.38. The lowest BCUT2D eigenvalue weighted by Crippen LogP contribution is -2.45. The van der Waals surface area contributed by atoms with Crippen molar-refractivity contribution in [3.05, 3.63) is 35.4 Å². The highest BCUT2D eigenvalue weighted by molar-refractivity contribution is 5.94. The number of benzene rings is 1. The van der Waals surface area contributed by atoms with E-state index in [2.05, 4.69) is 20.9 Å². The lowest BCUT2D eigenvalue weighted by Gasteiger charge is -2.18. The van der Waals surface area contributed by atoms with Crippen LogP contribution in [0.25, 0.3) is 0 Å². The van der Waals surface area contributed by atoms with Gasteiger partial charge in [0.05, 0.1) is 6.54 Å². The Labute approximate surface area is 174 Å². The van der Waals surface area contributed by atoms with Crippen molar-refractivity contribution in [1.82, 2.24) is 20.9 Å². The van der Waals surface area contributed by atoms with Crippen LogP contribution in [0.3, 0.4) is 0 Å². The fourth-order valence-electron chi connectivity index (χ4n) is 3.18. The molecule has 0 spiro atoms. The highest BCUT2D eigenvalue weighted by Gasteiger charge is 2.25. The molecule has 1 aromatic rings. The molecule has 1 saturated heterocycles. The molecule has 0 bridgehead atoms. The molecule has 7 nitrogen and oxygen atoms in total. The first-order valence-electron chi connectivity index (χ1n) is 10.7. The average Bonchev–Trinajstić information content (AvgIpc) is 3.20. The largest absolute Gasteiger partial charge is 0.357 e.